The third kappa shape index (κ3) is 1.39. The molecule has 0 radical (unpaired) electrons. The van der Waals surface area contributed by atoms with Crippen LogP contribution < -0.4 is 0 Å². The molecule has 0 aliphatic heterocycles. The Morgan fingerprint density at radius 2 is 2.29 bits per heavy atom. The lowest BCUT2D eigenvalue weighted by atomic mass is 10.1. The summed E-state index contributed by atoms with van der Waals surface area (Å²) in [5, 5.41) is 10.4. The summed E-state index contributed by atoms with van der Waals surface area (Å²) in [6.07, 6.45) is 3.04. The van der Waals surface area contributed by atoms with E-state index in [0.29, 0.717) is 18.4 Å². The van der Waals surface area contributed by atoms with Crippen molar-refractivity contribution in [2.75, 3.05) is 6.61 Å². The molecule has 1 N–H and O–H groups in total. The fourth-order valence-corrected chi connectivity index (χ4v) is 3.42. The van der Waals surface area contributed by atoms with Gasteiger partial charge in [0.15, 0.2) is 0 Å². The molecular formula is C11H17NOS. The Bertz CT molecular complexity index is 332. The molecule has 1 aromatic heterocycles. The number of aromatic nitrogens is 1. The van der Waals surface area contributed by atoms with Gasteiger partial charge in [0, 0.05) is 23.6 Å². The van der Waals surface area contributed by atoms with Crippen LogP contribution in [0.1, 0.15) is 36.6 Å². The standard InChI is InChI=1S/C11H17NOS/c1-4-7-5-12-10(14-7)9-8(6-13)11(9,2)3/h5,8-9,13H,4,6H2,1-3H3. The molecule has 2 rings (SSSR count). The van der Waals surface area contributed by atoms with Crippen LogP contribution in [-0.2, 0) is 6.42 Å². The van der Waals surface area contributed by atoms with E-state index in [4.69, 9.17) is 0 Å². The summed E-state index contributed by atoms with van der Waals surface area (Å²) >= 11 is 1.80. The Morgan fingerprint density at radius 1 is 1.57 bits per heavy atom. The fourth-order valence-electron chi connectivity index (χ4n) is 2.21. The van der Waals surface area contributed by atoms with Crippen LogP contribution in [0.4, 0.5) is 0 Å². The third-order valence-corrected chi connectivity index (χ3v) is 4.66. The normalized spacial score (nSPS) is 29.1. The van der Waals surface area contributed by atoms with Crippen LogP contribution in [0, 0.1) is 11.3 Å². The third-order valence-electron chi connectivity index (χ3n) is 3.43. The van der Waals surface area contributed by atoms with Gasteiger partial charge in [-0.2, -0.15) is 0 Å². The number of nitrogens with zero attached hydrogens (tertiary/aromatic N) is 1. The maximum Gasteiger partial charge on any atom is 0.0967 e. The van der Waals surface area contributed by atoms with Crippen molar-refractivity contribution in [2.24, 2.45) is 11.3 Å². The van der Waals surface area contributed by atoms with E-state index in [9.17, 15) is 5.11 Å². The molecular weight excluding hydrogens is 194 g/mol. The minimum Gasteiger partial charge on any atom is -0.396 e. The second kappa shape index (κ2) is 3.31. The first kappa shape index (κ1) is 10.1. The van der Waals surface area contributed by atoms with Crippen LogP contribution in [0.5, 0.6) is 0 Å². The zero-order valence-corrected chi connectivity index (χ0v) is 9.77. The van der Waals surface area contributed by atoms with E-state index in [1.807, 2.05) is 6.20 Å². The SMILES string of the molecule is CCc1cnc(C2C(CO)C2(C)C)s1. The molecule has 14 heavy (non-hydrogen) atoms. The highest BCUT2D eigenvalue weighted by molar-refractivity contribution is 7.11. The largest absolute Gasteiger partial charge is 0.396 e. The number of rotatable bonds is 3. The van der Waals surface area contributed by atoms with Gasteiger partial charge in [-0.25, -0.2) is 4.98 Å². The summed E-state index contributed by atoms with van der Waals surface area (Å²) in [7, 11) is 0. The highest BCUT2D eigenvalue weighted by atomic mass is 32.1. The van der Waals surface area contributed by atoms with E-state index >= 15 is 0 Å². The maximum atomic E-state index is 9.21. The monoisotopic (exact) mass is 211 g/mol. The molecule has 2 nitrogen and oxygen atoms in total. The molecule has 0 aromatic carbocycles. The molecule has 2 atom stereocenters. The van der Waals surface area contributed by atoms with Crippen LogP contribution >= 0.6 is 11.3 Å². The van der Waals surface area contributed by atoms with Crippen molar-refractivity contribution in [3.05, 3.63) is 16.1 Å². The van der Waals surface area contributed by atoms with Crippen LogP contribution in [0.2, 0.25) is 0 Å². The number of aliphatic hydroxyl groups excluding tert-OH is 1. The smallest absolute Gasteiger partial charge is 0.0967 e. The topological polar surface area (TPSA) is 33.1 Å². The average Bonchev–Trinajstić information content (AvgIpc) is 2.55. The molecule has 78 valence electrons. The van der Waals surface area contributed by atoms with Gasteiger partial charge in [0.25, 0.3) is 0 Å². The van der Waals surface area contributed by atoms with E-state index in [0.717, 1.165) is 6.42 Å². The summed E-state index contributed by atoms with van der Waals surface area (Å²) in [6.45, 7) is 6.87. The predicted molar refractivity (Wildman–Crippen MR) is 58.6 cm³/mol. The van der Waals surface area contributed by atoms with E-state index in [2.05, 4.69) is 25.8 Å². The molecule has 1 aliphatic rings. The van der Waals surface area contributed by atoms with Crippen molar-refractivity contribution < 1.29 is 5.11 Å². The second-order valence-electron chi connectivity index (χ2n) is 4.61. The number of thiazole rings is 1. The quantitative estimate of drug-likeness (QED) is 0.833. The van der Waals surface area contributed by atoms with Gasteiger partial charge in [-0.15, -0.1) is 11.3 Å². The number of hydrogen-bond acceptors (Lipinski definition) is 3. The first-order valence-corrected chi connectivity index (χ1v) is 5.98. The molecule has 0 amide bonds. The van der Waals surface area contributed by atoms with Crippen molar-refractivity contribution in [2.45, 2.75) is 33.1 Å². The van der Waals surface area contributed by atoms with Crippen molar-refractivity contribution >= 4 is 11.3 Å². The summed E-state index contributed by atoms with van der Waals surface area (Å²) in [5.74, 6) is 0.899. The van der Waals surface area contributed by atoms with E-state index < -0.39 is 0 Å². The fraction of sp³-hybridized carbons (Fsp3) is 0.727. The molecule has 2 unspecified atom stereocenters. The van der Waals surface area contributed by atoms with E-state index in [1.165, 1.54) is 9.88 Å². The minimum absolute atomic E-state index is 0.248. The Balaban J connectivity index is 2.18. The molecule has 0 saturated heterocycles. The lowest BCUT2D eigenvalue weighted by molar-refractivity contribution is 0.256. The van der Waals surface area contributed by atoms with Gasteiger partial charge in [-0.3, -0.25) is 0 Å². The molecule has 0 spiro atoms. The van der Waals surface area contributed by atoms with Crippen LogP contribution in [0.25, 0.3) is 0 Å². The van der Waals surface area contributed by atoms with E-state index in [-0.39, 0.29) is 5.41 Å². The Hall–Kier alpha value is -0.410. The van der Waals surface area contributed by atoms with Gasteiger partial charge >= 0.3 is 0 Å². The van der Waals surface area contributed by atoms with Crippen molar-refractivity contribution in [3.63, 3.8) is 0 Å². The molecule has 1 fully saturated rings. The van der Waals surface area contributed by atoms with Crippen molar-refractivity contribution in [1.29, 1.82) is 0 Å². The Morgan fingerprint density at radius 3 is 2.71 bits per heavy atom. The predicted octanol–water partition coefficient (Wildman–Crippen LogP) is 2.44. The second-order valence-corrected chi connectivity index (χ2v) is 5.75. The zero-order valence-electron chi connectivity index (χ0n) is 8.95. The lowest BCUT2D eigenvalue weighted by Gasteiger charge is -1.97. The highest BCUT2D eigenvalue weighted by Crippen LogP contribution is 2.64. The molecule has 1 saturated carbocycles. The van der Waals surface area contributed by atoms with Gasteiger partial charge in [0.1, 0.15) is 0 Å². The molecule has 3 heteroatoms. The van der Waals surface area contributed by atoms with E-state index in [1.54, 1.807) is 11.3 Å². The summed E-state index contributed by atoms with van der Waals surface area (Å²) in [6, 6.07) is 0. The first-order chi connectivity index (χ1) is 6.61. The van der Waals surface area contributed by atoms with Gasteiger partial charge in [-0.05, 0) is 17.8 Å². The molecule has 0 bridgehead atoms. The van der Waals surface area contributed by atoms with Crippen LogP contribution in [0.3, 0.4) is 0 Å². The highest BCUT2D eigenvalue weighted by Gasteiger charge is 2.59. The van der Waals surface area contributed by atoms with Gasteiger partial charge in [0.2, 0.25) is 0 Å². The van der Waals surface area contributed by atoms with Crippen LogP contribution in [0.15, 0.2) is 6.20 Å². The first-order valence-electron chi connectivity index (χ1n) is 5.16. The van der Waals surface area contributed by atoms with Gasteiger partial charge in [0.05, 0.1) is 5.01 Å². The van der Waals surface area contributed by atoms with Crippen LogP contribution in [-0.4, -0.2) is 16.7 Å². The molecule has 1 heterocycles. The van der Waals surface area contributed by atoms with Gasteiger partial charge in [-0.1, -0.05) is 20.8 Å². The molecule has 1 aliphatic carbocycles. The maximum absolute atomic E-state index is 9.21. The molecule has 1 aromatic rings. The van der Waals surface area contributed by atoms with Gasteiger partial charge < -0.3 is 5.11 Å². The summed E-state index contributed by atoms with van der Waals surface area (Å²) in [4.78, 5) is 5.80. The number of aliphatic hydroxyl groups is 1. The Kier molecular flexibility index (Phi) is 2.40. The number of hydrogen-bond donors (Lipinski definition) is 1. The van der Waals surface area contributed by atoms with Crippen molar-refractivity contribution in [3.8, 4) is 0 Å². The minimum atomic E-state index is 0.248. The number of aryl methyl sites for hydroxylation is 1. The average molecular weight is 211 g/mol. The Labute approximate surface area is 89.0 Å². The zero-order chi connectivity index (χ0) is 10.3. The lowest BCUT2D eigenvalue weighted by Crippen LogP contribution is -1.93. The summed E-state index contributed by atoms with van der Waals surface area (Å²) in [5.41, 5.74) is 0.248. The van der Waals surface area contributed by atoms with Crippen molar-refractivity contribution in [1.82, 2.24) is 4.98 Å². The summed E-state index contributed by atoms with van der Waals surface area (Å²) < 4.78 is 0.